The minimum atomic E-state index is -0.996. The van der Waals surface area contributed by atoms with Gasteiger partial charge >= 0.3 is 11.9 Å². The Labute approximate surface area is 121 Å². The third kappa shape index (κ3) is 4.68. The molecule has 0 aromatic carbocycles. The van der Waals surface area contributed by atoms with E-state index in [0.717, 1.165) is 5.75 Å². The number of rotatable bonds is 6. The summed E-state index contributed by atoms with van der Waals surface area (Å²) in [6.07, 6.45) is -0.104. The van der Waals surface area contributed by atoms with E-state index < -0.39 is 24.0 Å². The molecular formula is C12H20N2O5S. The number of carboxylic acids is 1. The molecule has 1 aliphatic heterocycles. The van der Waals surface area contributed by atoms with Crippen molar-refractivity contribution in [2.45, 2.75) is 31.8 Å². The molecule has 2 atom stereocenters. The van der Waals surface area contributed by atoms with E-state index in [1.54, 1.807) is 18.7 Å². The number of thioether (sulfide) groups is 1. The highest BCUT2D eigenvalue weighted by molar-refractivity contribution is 7.99. The third-order valence-corrected chi connectivity index (χ3v) is 3.98. The Morgan fingerprint density at radius 2 is 2.20 bits per heavy atom. The van der Waals surface area contributed by atoms with E-state index in [2.05, 4.69) is 0 Å². The van der Waals surface area contributed by atoms with Crippen LogP contribution in [0.3, 0.4) is 0 Å². The molecule has 8 heteroatoms. The SMILES string of the molecule is CCOC(=O)C1CSCCN1C(=O)C(N)CCC(=O)O. The van der Waals surface area contributed by atoms with Gasteiger partial charge in [0.2, 0.25) is 5.91 Å². The van der Waals surface area contributed by atoms with Gasteiger partial charge in [-0.05, 0) is 13.3 Å². The van der Waals surface area contributed by atoms with Crippen molar-refractivity contribution in [2.75, 3.05) is 24.7 Å². The molecule has 0 saturated carbocycles. The topological polar surface area (TPSA) is 110 Å². The summed E-state index contributed by atoms with van der Waals surface area (Å²) in [7, 11) is 0. The standard InChI is InChI=1S/C12H20N2O5S/c1-2-19-12(18)9-7-20-6-5-14(9)11(17)8(13)3-4-10(15)16/h8-9H,2-7,13H2,1H3,(H,15,16). The first-order valence-electron chi connectivity index (χ1n) is 6.49. The van der Waals surface area contributed by atoms with Crippen LogP contribution in [0.4, 0.5) is 0 Å². The number of hydrogen-bond donors (Lipinski definition) is 2. The van der Waals surface area contributed by atoms with E-state index >= 15 is 0 Å². The van der Waals surface area contributed by atoms with Gasteiger partial charge in [-0.1, -0.05) is 0 Å². The molecule has 114 valence electrons. The maximum absolute atomic E-state index is 12.2. The van der Waals surface area contributed by atoms with Crippen LogP contribution in [-0.4, -0.2) is 64.6 Å². The molecule has 3 N–H and O–H groups in total. The van der Waals surface area contributed by atoms with Crippen LogP contribution in [0.1, 0.15) is 19.8 Å². The van der Waals surface area contributed by atoms with Crippen molar-refractivity contribution in [1.29, 1.82) is 0 Å². The van der Waals surface area contributed by atoms with E-state index in [9.17, 15) is 14.4 Å². The highest BCUT2D eigenvalue weighted by atomic mass is 32.2. The molecule has 7 nitrogen and oxygen atoms in total. The molecular weight excluding hydrogens is 284 g/mol. The highest BCUT2D eigenvalue weighted by Gasteiger charge is 2.35. The number of amides is 1. The van der Waals surface area contributed by atoms with Gasteiger partial charge in [-0.15, -0.1) is 0 Å². The normalized spacial score (nSPS) is 20.3. The minimum absolute atomic E-state index is 0.0629. The van der Waals surface area contributed by atoms with Gasteiger partial charge in [0.1, 0.15) is 6.04 Å². The van der Waals surface area contributed by atoms with Gasteiger partial charge < -0.3 is 20.5 Å². The predicted molar refractivity (Wildman–Crippen MR) is 74.3 cm³/mol. The van der Waals surface area contributed by atoms with Crippen LogP contribution in [-0.2, 0) is 19.1 Å². The Morgan fingerprint density at radius 3 is 2.80 bits per heavy atom. The number of aliphatic carboxylic acids is 1. The van der Waals surface area contributed by atoms with Crippen molar-refractivity contribution in [2.24, 2.45) is 5.73 Å². The quantitative estimate of drug-likeness (QED) is 0.647. The lowest BCUT2D eigenvalue weighted by Gasteiger charge is -2.35. The fourth-order valence-electron chi connectivity index (χ4n) is 1.92. The Morgan fingerprint density at radius 1 is 1.50 bits per heavy atom. The van der Waals surface area contributed by atoms with E-state index in [-0.39, 0.29) is 25.4 Å². The molecule has 1 fully saturated rings. The number of nitrogens with zero attached hydrogens (tertiary/aromatic N) is 1. The van der Waals surface area contributed by atoms with Crippen molar-refractivity contribution < 1.29 is 24.2 Å². The zero-order chi connectivity index (χ0) is 15.1. The van der Waals surface area contributed by atoms with Crippen LogP contribution in [0.25, 0.3) is 0 Å². The number of ether oxygens (including phenoxy) is 1. The Bertz CT molecular complexity index is 377. The monoisotopic (exact) mass is 304 g/mol. The summed E-state index contributed by atoms with van der Waals surface area (Å²) >= 11 is 1.58. The van der Waals surface area contributed by atoms with Gasteiger partial charge in [-0.25, -0.2) is 4.79 Å². The minimum Gasteiger partial charge on any atom is -0.481 e. The Balaban J connectivity index is 2.66. The smallest absolute Gasteiger partial charge is 0.329 e. The summed E-state index contributed by atoms with van der Waals surface area (Å²) in [6.45, 7) is 2.39. The number of carboxylic acid groups (broad SMARTS) is 1. The first kappa shape index (κ1) is 16.8. The fraction of sp³-hybridized carbons (Fsp3) is 0.750. The molecule has 0 aliphatic carbocycles. The average molecular weight is 304 g/mol. The number of esters is 1. The largest absolute Gasteiger partial charge is 0.481 e. The molecule has 1 amide bonds. The zero-order valence-corrected chi connectivity index (χ0v) is 12.2. The number of carbonyl (C=O) groups excluding carboxylic acids is 2. The lowest BCUT2D eigenvalue weighted by atomic mass is 10.1. The molecule has 0 bridgehead atoms. The van der Waals surface area contributed by atoms with E-state index in [0.29, 0.717) is 12.3 Å². The summed E-state index contributed by atoms with van der Waals surface area (Å²) in [5, 5.41) is 8.61. The second-order valence-corrected chi connectivity index (χ2v) is 5.56. The molecule has 0 aromatic heterocycles. The summed E-state index contributed by atoms with van der Waals surface area (Å²) < 4.78 is 4.96. The second kappa shape index (κ2) is 8.11. The lowest BCUT2D eigenvalue weighted by Crippen LogP contribution is -2.55. The fourth-order valence-corrected chi connectivity index (χ4v) is 2.95. The highest BCUT2D eigenvalue weighted by Crippen LogP contribution is 2.19. The number of carbonyl (C=O) groups is 3. The van der Waals surface area contributed by atoms with Gasteiger partial charge in [-0.3, -0.25) is 9.59 Å². The molecule has 0 radical (unpaired) electrons. The van der Waals surface area contributed by atoms with Gasteiger partial charge in [0.25, 0.3) is 0 Å². The molecule has 1 rings (SSSR count). The molecule has 1 aliphatic rings. The average Bonchev–Trinajstić information content (AvgIpc) is 2.44. The van der Waals surface area contributed by atoms with Crippen molar-refractivity contribution in [3.05, 3.63) is 0 Å². The molecule has 1 saturated heterocycles. The molecule has 0 aromatic rings. The second-order valence-electron chi connectivity index (χ2n) is 4.41. The molecule has 20 heavy (non-hydrogen) atoms. The molecule has 1 heterocycles. The predicted octanol–water partition coefficient (Wildman–Crippen LogP) is -0.314. The van der Waals surface area contributed by atoms with Crippen LogP contribution in [0.2, 0.25) is 0 Å². The molecule has 0 spiro atoms. The maximum Gasteiger partial charge on any atom is 0.329 e. The van der Waals surface area contributed by atoms with Crippen LogP contribution in [0.5, 0.6) is 0 Å². The first-order valence-corrected chi connectivity index (χ1v) is 7.65. The van der Waals surface area contributed by atoms with Crippen molar-refractivity contribution in [3.63, 3.8) is 0 Å². The van der Waals surface area contributed by atoms with Crippen LogP contribution in [0.15, 0.2) is 0 Å². The first-order chi connectivity index (χ1) is 9.47. The summed E-state index contributed by atoms with van der Waals surface area (Å²) in [5.41, 5.74) is 5.72. The van der Waals surface area contributed by atoms with Crippen molar-refractivity contribution >= 4 is 29.6 Å². The lowest BCUT2D eigenvalue weighted by molar-refractivity contribution is -0.154. The van der Waals surface area contributed by atoms with Crippen LogP contribution >= 0.6 is 11.8 Å². The van der Waals surface area contributed by atoms with Gasteiger partial charge in [0.05, 0.1) is 12.6 Å². The Hall–Kier alpha value is -1.28. The van der Waals surface area contributed by atoms with Crippen LogP contribution in [0, 0.1) is 0 Å². The van der Waals surface area contributed by atoms with Crippen molar-refractivity contribution in [1.82, 2.24) is 4.90 Å². The summed E-state index contributed by atoms with van der Waals surface area (Å²) in [4.78, 5) is 36.0. The number of hydrogen-bond acceptors (Lipinski definition) is 6. The zero-order valence-electron chi connectivity index (χ0n) is 11.4. The van der Waals surface area contributed by atoms with E-state index in [4.69, 9.17) is 15.6 Å². The Kier molecular flexibility index (Phi) is 6.80. The van der Waals surface area contributed by atoms with Crippen molar-refractivity contribution in [3.8, 4) is 0 Å². The summed E-state index contributed by atoms with van der Waals surface area (Å²) in [6, 6.07) is -1.52. The third-order valence-electron chi connectivity index (χ3n) is 2.96. The van der Waals surface area contributed by atoms with Gasteiger partial charge in [-0.2, -0.15) is 11.8 Å². The van der Waals surface area contributed by atoms with E-state index in [1.807, 2.05) is 0 Å². The maximum atomic E-state index is 12.2. The summed E-state index contributed by atoms with van der Waals surface area (Å²) in [5.74, 6) is -0.601. The van der Waals surface area contributed by atoms with Gasteiger partial charge in [0, 0.05) is 24.5 Å². The van der Waals surface area contributed by atoms with Gasteiger partial charge in [0.15, 0.2) is 0 Å². The molecule has 2 unspecified atom stereocenters. The van der Waals surface area contributed by atoms with E-state index in [1.165, 1.54) is 4.90 Å². The number of nitrogens with two attached hydrogens (primary N) is 1. The van der Waals surface area contributed by atoms with Crippen LogP contribution < -0.4 is 5.73 Å².